The number of likely N-dealkylation sites (tertiary alicyclic amines) is 1. The number of fused-ring (bicyclic) bond motifs is 1. The van der Waals surface area contributed by atoms with Gasteiger partial charge in [-0.15, -0.1) is 0 Å². The molecule has 27 heavy (non-hydrogen) atoms. The predicted molar refractivity (Wildman–Crippen MR) is 98.9 cm³/mol. The normalized spacial score (nSPS) is 16.9. The molecule has 1 saturated heterocycles. The number of carbonyl (C=O) groups is 1. The highest BCUT2D eigenvalue weighted by Crippen LogP contribution is 2.43. The number of benzene rings is 1. The monoisotopic (exact) mass is 392 g/mol. The van der Waals surface area contributed by atoms with Gasteiger partial charge in [-0.3, -0.25) is 0 Å². The van der Waals surface area contributed by atoms with Crippen molar-refractivity contribution in [3.8, 4) is 17.2 Å². The lowest BCUT2D eigenvalue weighted by Crippen LogP contribution is -2.38. The molecule has 0 bridgehead atoms. The summed E-state index contributed by atoms with van der Waals surface area (Å²) in [7, 11) is 0. The summed E-state index contributed by atoms with van der Waals surface area (Å²) in [5.74, 6) is 1.81. The summed E-state index contributed by atoms with van der Waals surface area (Å²) in [6.07, 6.45) is 1.96. The fourth-order valence-electron chi connectivity index (χ4n) is 3.57. The van der Waals surface area contributed by atoms with Gasteiger partial charge in [0, 0.05) is 31.0 Å². The van der Waals surface area contributed by atoms with E-state index in [4.69, 9.17) is 31.3 Å². The number of amides is 1. The first-order valence-corrected chi connectivity index (χ1v) is 9.45. The molecule has 0 unspecified atom stereocenters. The van der Waals surface area contributed by atoms with Crippen molar-refractivity contribution in [2.45, 2.75) is 32.1 Å². The van der Waals surface area contributed by atoms with E-state index in [0.29, 0.717) is 66.5 Å². The maximum absolute atomic E-state index is 11.8. The minimum atomic E-state index is -0.269. The minimum absolute atomic E-state index is 0.131. The Hall–Kier alpha value is -2.48. The van der Waals surface area contributed by atoms with Crippen LogP contribution in [-0.2, 0) is 11.2 Å². The average Bonchev–Trinajstić information content (AvgIpc) is 3.35. The number of nitrogens with two attached hydrogens (primary N) is 1. The van der Waals surface area contributed by atoms with Gasteiger partial charge in [-0.05, 0) is 25.8 Å². The molecule has 2 aromatic rings. The highest BCUT2D eigenvalue weighted by Gasteiger charge is 2.30. The molecule has 0 spiro atoms. The van der Waals surface area contributed by atoms with E-state index in [-0.39, 0.29) is 12.0 Å². The number of hydrogen-bond donors (Lipinski definition) is 1. The van der Waals surface area contributed by atoms with Gasteiger partial charge < -0.3 is 24.6 Å². The van der Waals surface area contributed by atoms with Crippen LogP contribution < -0.4 is 10.5 Å². The maximum Gasteiger partial charge on any atom is 0.409 e. The molecule has 0 aliphatic carbocycles. The lowest BCUT2D eigenvalue weighted by molar-refractivity contribution is 0.0965. The second-order valence-corrected chi connectivity index (χ2v) is 7.05. The van der Waals surface area contributed by atoms with E-state index in [2.05, 4.69) is 10.1 Å². The largest absolute Gasteiger partial charge is 0.492 e. The van der Waals surface area contributed by atoms with Crippen molar-refractivity contribution >= 4 is 23.4 Å². The van der Waals surface area contributed by atoms with E-state index < -0.39 is 0 Å². The average molecular weight is 393 g/mol. The highest BCUT2D eigenvalue weighted by molar-refractivity contribution is 6.33. The molecule has 2 aliphatic heterocycles. The van der Waals surface area contributed by atoms with Crippen molar-refractivity contribution in [1.29, 1.82) is 0 Å². The number of carbonyl (C=O) groups excluding carboxylic acids is 1. The zero-order valence-corrected chi connectivity index (χ0v) is 15.8. The Morgan fingerprint density at radius 1 is 1.44 bits per heavy atom. The third-order valence-corrected chi connectivity index (χ3v) is 5.34. The van der Waals surface area contributed by atoms with Gasteiger partial charge >= 0.3 is 6.09 Å². The number of piperidine rings is 1. The molecule has 1 fully saturated rings. The van der Waals surface area contributed by atoms with Crippen molar-refractivity contribution < 1.29 is 18.8 Å². The Labute approximate surface area is 161 Å². The second-order valence-electron chi connectivity index (χ2n) is 6.64. The van der Waals surface area contributed by atoms with Crippen LogP contribution in [0.25, 0.3) is 11.5 Å². The number of halogens is 1. The number of hydrogen-bond acceptors (Lipinski definition) is 7. The van der Waals surface area contributed by atoms with Gasteiger partial charge in [0.05, 0.1) is 29.5 Å². The quantitative estimate of drug-likeness (QED) is 0.799. The molecule has 0 atom stereocenters. The van der Waals surface area contributed by atoms with E-state index in [1.54, 1.807) is 17.9 Å². The number of nitrogens with zero attached hydrogens (tertiary/aromatic N) is 3. The number of nitrogen functional groups attached to an aromatic ring is 1. The van der Waals surface area contributed by atoms with Gasteiger partial charge in [-0.25, -0.2) is 4.79 Å². The molecule has 2 N–H and O–H groups in total. The summed E-state index contributed by atoms with van der Waals surface area (Å²) in [5.41, 5.74) is 8.14. The van der Waals surface area contributed by atoms with E-state index in [0.717, 1.165) is 18.4 Å². The number of rotatable bonds is 3. The topological polar surface area (TPSA) is 104 Å². The smallest absolute Gasteiger partial charge is 0.409 e. The molecule has 8 nitrogen and oxygen atoms in total. The molecule has 1 amide bonds. The number of aromatic nitrogens is 2. The van der Waals surface area contributed by atoms with Crippen LogP contribution in [0.3, 0.4) is 0 Å². The first-order valence-electron chi connectivity index (χ1n) is 9.07. The van der Waals surface area contributed by atoms with E-state index in [1.165, 1.54) is 0 Å². The molecule has 0 radical (unpaired) electrons. The molecular formula is C18H21ClN4O4. The zero-order valence-electron chi connectivity index (χ0n) is 15.0. The van der Waals surface area contributed by atoms with Gasteiger partial charge in [0.1, 0.15) is 5.75 Å². The van der Waals surface area contributed by atoms with Crippen LogP contribution in [0.4, 0.5) is 10.5 Å². The Kier molecular flexibility index (Phi) is 4.82. The first kappa shape index (κ1) is 17.9. The summed E-state index contributed by atoms with van der Waals surface area (Å²) in [6.45, 7) is 3.96. The number of anilines is 1. The summed E-state index contributed by atoms with van der Waals surface area (Å²) in [5, 5.41) is 4.60. The number of ether oxygens (including phenoxy) is 2. The SMILES string of the molecule is CCOC(=O)N1CCC(c2noc(-c3cc(Cl)c(N)c4c3OCC4)n2)CC1. The van der Waals surface area contributed by atoms with Gasteiger partial charge in [0.25, 0.3) is 5.89 Å². The third-order valence-electron chi connectivity index (χ3n) is 5.03. The fraction of sp³-hybridized carbons (Fsp3) is 0.500. The lowest BCUT2D eigenvalue weighted by Gasteiger charge is -2.29. The maximum atomic E-state index is 11.8. The van der Waals surface area contributed by atoms with Gasteiger partial charge in [0.15, 0.2) is 5.82 Å². The first-order chi connectivity index (χ1) is 13.1. The molecule has 144 valence electrons. The van der Waals surface area contributed by atoms with Crippen LogP contribution in [-0.4, -0.2) is 47.4 Å². The van der Waals surface area contributed by atoms with E-state index in [1.807, 2.05) is 0 Å². The van der Waals surface area contributed by atoms with Crippen LogP contribution in [0, 0.1) is 0 Å². The van der Waals surface area contributed by atoms with E-state index in [9.17, 15) is 4.79 Å². The van der Waals surface area contributed by atoms with Crippen molar-refractivity contribution in [1.82, 2.24) is 15.0 Å². The van der Waals surface area contributed by atoms with Gasteiger partial charge in [-0.2, -0.15) is 4.98 Å². The molecule has 2 aliphatic rings. The van der Waals surface area contributed by atoms with Crippen LogP contribution in [0.15, 0.2) is 10.6 Å². The Morgan fingerprint density at radius 2 is 2.22 bits per heavy atom. The molecular weight excluding hydrogens is 372 g/mol. The van der Waals surface area contributed by atoms with E-state index >= 15 is 0 Å². The Morgan fingerprint density at radius 3 is 2.96 bits per heavy atom. The molecule has 4 rings (SSSR count). The standard InChI is InChI=1S/C18H21ClN4O4/c1-2-25-18(24)23-6-3-10(4-7-23)16-21-17(27-22-16)12-9-13(19)14(20)11-5-8-26-15(11)12/h9-10H,2-8,20H2,1H3. The predicted octanol–water partition coefficient (Wildman–Crippen LogP) is 3.24. The minimum Gasteiger partial charge on any atom is -0.492 e. The fourth-order valence-corrected chi connectivity index (χ4v) is 3.79. The molecule has 9 heteroatoms. The summed E-state index contributed by atoms with van der Waals surface area (Å²) in [6, 6.07) is 1.71. The van der Waals surface area contributed by atoms with Crippen LogP contribution in [0.5, 0.6) is 5.75 Å². The molecule has 3 heterocycles. The van der Waals surface area contributed by atoms with Crippen LogP contribution >= 0.6 is 11.6 Å². The van der Waals surface area contributed by atoms with Crippen molar-refractivity contribution in [3.05, 3.63) is 22.5 Å². The summed E-state index contributed by atoms with van der Waals surface area (Å²) in [4.78, 5) is 18.1. The van der Waals surface area contributed by atoms with Crippen LogP contribution in [0.1, 0.15) is 37.1 Å². The molecule has 1 aromatic heterocycles. The van der Waals surface area contributed by atoms with Crippen LogP contribution in [0.2, 0.25) is 5.02 Å². The third kappa shape index (κ3) is 3.29. The summed E-state index contributed by atoms with van der Waals surface area (Å²) < 4.78 is 16.3. The molecule has 1 aromatic carbocycles. The highest BCUT2D eigenvalue weighted by atomic mass is 35.5. The van der Waals surface area contributed by atoms with Crippen molar-refractivity contribution in [2.24, 2.45) is 0 Å². The van der Waals surface area contributed by atoms with Crippen molar-refractivity contribution in [2.75, 3.05) is 32.0 Å². The lowest BCUT2D eigenvalue weighted by atomic mass is 9.96. The second kappa shape index (κ2) is 7.26. The Balaban J connectivity index is 1.52. The zero-order chi connectivity index (χ0) is 19.0. The Bertz CT molecular complexity index is 861. The van der Waals surface area contributed by atoms with Gasteiger partial charge in [-0.1, -0.05) is 16.8 Å². The van der Waals surface area contributed by atoms with Gasteiger partial charge in [0.2, 0.25) is 0 Å². The molecule has 0 saturated carbocycles. The van der Waals surface area contributed by atoms with Crippen molar-refractivity contribution in [3.63, 3.8) is 0 Å². The summed E-state index contributed by atoms with van der Waals surface area (Å²) >= 11 is 6.25.